The monoisotopic (exact) mass is 286 g/mol. The standard InChI is InChI=1S/C16H22N4O/c1-12-14(11-19-20(12)3)10-18-16(21)15-7-5-4-6-13(15)8-9-17-2/h4-7,11,17H,8-10H2,1-3H3,(H,18,21). The highest BCUT2D eigenvalue weighted by Gasteiger charge is 2.11. The molecule has 0 spiro atoms. The third-order valence-corrected chi connectivity index (χ3v) is 3.68. The van der Waals surface area contributed by atoms with E-state index < -0.39 is 0 Å². The van der Waals surface area contributed by atoms with Gasteiger partial charge >= 0.3 is 0 Å². The van der Waals surface area contributed by atoms with Gasteiger partial charge in [0.15, 0.2) is 0 Å². The van der Waals surface area contributed by atoms with Crippen LogP contribution < -0.4 is 10.6 Å². The van der Waals surface area contributed by atoms with Crippen LogP contribution in [0.4, 0.5) is 0 Å². The van der Waals surface area contributed by atoms with Crippen molar-refractivity contribution in [3.63, 3.8) is 0 Å². The number of benzene rings is 1. The first-order valence-corrected chi connectivity index (χ1v) is 7.11. The second kappa shape index (κ2) is 7.04. The molecule has 2 aromatic rings. The van der Waals surface area contributed by atoms with Crippen molar-refractivity contribution in [1.82, 2.24) is 20.4 Å². The molecule has 0 aliphatic rings. The van der Waals surface area contributed by atoms with E-state index in [1.54, 1.807) is 6.20 Å². The topological polar surface area (TPSA) is 59.0 Å². The molecule has 0 unspecified atom stereocenters. The Hall–Kier alpha value is -2.14. The van der Waals surface area contributed by atoms with Gasteiger partial charge in [0.2, 0.25) is 0 Å². The summed E-state index contributed by atoms with van der Waals surface area (Å²) in [5, 5.41) is 10.3. The molecular weight excluding hydrogens is 264 g/mol. The van der Waals surface area contributed by atoms with Crippen molar-refractivity contribution < 1.29 is 4.79 Å². The van der Waals surface area contributed by atoms with Gasteiger partial charge in [-0.25, -0.2) is 0 Å². The first-order valence-electron chi connectivity index (χ1n) is 7.11. The van der Waals surface area contributed by atoms with Crippen LogP contribution in [0.5, 0.6) is 0 Å². The van der Waals surface area contributed by atoms with E-state index in [0.717, 1.165) is 35.3 Å². The molecule has 0 saturated carbocycles. The van der Waals surface area contributed by atoms with Crippen molar-refractivity contribution in [3.8, 4) is 0 Å². The molecule has 0 atom stereocenters. The van der Waals surface area contributed by atoms with E-state index >= 15 is 0 Å². The van der Waals surface area contributed by atoms with Gasteiger partial charge in [-0.3, -0.25) is 9.48 Å². The molecule has 112 valence electrons. The molecule has 0 saturated heterocycles. The van der Waals surface area contributed by atoms with E-state index in [1.807, 2.05) is 50.0 Å². The molecule has 21 heavy (non-hydrogen) atoms. The van der Waals surface area contributed by atoms with Gasteiger partial charge in [-0.05, 0) is 38.6 Å². The maximum absolute atomic E-state index is 12.4. The van der Waals surface area contributed by atoms with Gasteiger partial charge in [-0.2, -0.15) is 5.10 Å². The number of nitrogens with one attached hydrogen (secondary N) is 2. The van der Waals surface area contributed by atoms with Crippen LogP contribution in [-0.4, -0.2) is 29.3 Å². The molecule has 0 aliphatic heterocycles. The Morgan fingerprint density at radius 3 is 2.71 bits per heavy atom. The highest BCUT2D eigenvalue weighted by atomic mass is 16.1. The Kier molecular flexibility index (Phi) is 5.11. The molecule has 1 heterocycles. The number of hydrogen-bond donors (Lipinski definition) is 2. The minimum Gasteiger partial charge on any atom is -0.348 e. The summed E-state index contributed by atoms with van der Waals surface area (Å²) in [6, 6.07) is 7.73. The van der Waals surface area contributed by atoms with E-state index in [2.05, 4.69) is 15.7 Å². The summed E-state index contributed by atoms with van der Waals surface area (Å²) in [4.78, 5) is 12.4. The zero-order valence-corrected chi connectivity index (χ0v) is 12.8. The van der Waals surface area contributed by atoms with Crippen molar-refractivity contribution in [2.24, 2.45) is 7.05 Å². The molecule has 5 heteroatoms. The summed E-state index contributed by atoms with van der Waals surface area (Å²) in [7, 11) is 3.81. The van der Waals surface area contributed by atoms with Gasteiger partial charge in [0.25, 0.3) is 5.91 Å². The van der Waals surface area contributed by atoms with Crippen LogP contribution in [-0.2, 0) is 20.0 Å². The van der Waals surface area contributed by atoms with Gasteiger partial charge in [0.1, 0.15) is 0 Å². The Morgan fingerprint density at radius 1 is 1.29 bits per heavy atom. The summed E-state index contributed by atoms with van der Waals surface area (Å²) in [5.74, 6) is -0.0371. The van der Waals surface area contributed by atoms with E-state index in [4.69, 9.17) is 0 Å². The lowest BCUT2D eigenvalue weighted by molar-refractivity contribution is 0.0950. The number of aromatic nitrogens is 2. The van der Waals surface area contributed by atoms with Gasteiger partial charge in [0, 0.05) is 30.4 Å². The number of amides is 1. The van der Waals surface area contributed by atoms with Gasteiger partial charge < -0.3 is 10.6 Å². The lowest BCUT2D eigenvalue weighted by Crippen LogP contribution is -2.25. The van der Waals surface area contributed by atoms with Crippen LogP contribution in [0, 0.1) is 6.92 Å². The molecule has 1 amide bonds. The molecular formula is C16H22N4O. The number of carbonyl (C=O) groups is 1. The highest BCUT2D eigenvalue weighted by Crippen LogP contribution is 2.10. The third kappa shape index (κ3) is 3.70. The number of carbonyl (C=O) groups excluding carboxylic acids is 1. The minimum absolute atomic E-state index is 0.0371. The van der Waals surface area contributed by atoms with Crippen LogP contribution in [0.15, 0.2) is 30.5 Å². The lowest BCUT2D eigenvalue weighted by Gasteiger charge is -2.10. The maximum Gasteiger partial charge on any atom is 0.251 e. The fourth-order valence-electron chi connectivity index (χ4n) is 2.21. The molecule has 1 aromatic carbocycles. The van der Waals surface area contributed by atoms with Crippen molar-refractivity contribution in [2.75, 3.05) is 13.6 Å². The molecule has 5 nitrogen and oxygen atoms in total. The SMILES string of the molecule is CNCCc1ccccc1C(=O)NCc1cnn(C)c1C. The van der Waals surface area contributed by atoms with E-state index in [-0.39, 0.29) is 5.91 Å². The van der Waals surface area contributed by atoms with Gasteiger partial charge in [0.05, 0.1) is 6.20 Å². The van der Waals surface area contributed by atoms with Crippen LogP contribution in [0.1, 0.15) is 27.2 Å². The first kappa shape index (κ1) is 15.3. The number of likely N-dealkylation sites (N-methyl/N-ethyl adjacent to an activating group) is 1. The van der Waals surface area contributed by atoms with Gasteiger partial charge in [-0.1, -0.05) is 18.2 Å². The lowest BCUT2D eigenvalue weighted by atomic mass is 10.0. The smallest absolute Gasteiger partial charge is 0.251 e. The number of nitrogens with zero attached hydrogens (tertiary/aromatic N) is 2. The molecule has 0 bridgehead atoms. The van der Waals surface area contributed by atoms with Crippen molar-refractivity contribution in [2.45, 2.75) is 19.9 Å². The maximum atomic E-state index is 12.4. The average molecular weight is 286 g/mol. The molecule has 0 fully saturated rings. The predicted molar refractivity (Wildman–Crippen MR) is 83.2 cm³/mol. The zero-order chi connectivity index (χ0) is 15.2. The molecule has 2 rings (SSSR count). The molecule has 0 radical (unpaired) electrons. The van der Waals surface area contributed by atoms with Crippen LogP contribution in [0.2, 0.25) is 0 Å². The van der Waals surface area contributed by atoms with Crippen LogP contribution in [0.25, 0.3) is 0 Å². The summed E-state index contributed by atoms with van der Waals surface area (Å²) in [6.07, 6.45) is 2.63. The summed E-state index contributed by atoms with van der Waals surface area (Å²) in [6.45, 7) is 3.35. The molecule has 0 aliphatic carbocycles. The third-order valence-electron chi connectivity index (χ3n) is 3.68. The van der Waals surface area contributed by atoms with Crippen molar-refractivity contribution >= 4 is 5.91 Å². The first-order chi connectivity index (χ1) is 10.1. The second-order valence-corrected chi connectivity index (χ2v) is 5.07. The summed E-state index contributed by atoms with van der Waals surface area (Å²) in [5.41, 5.74) is 3.92. The number of aryl methyl sites for hydroxylation is 1. The Balaban J connectivity index is 2.05. The van der Waals surface area contributed by atoms with E-state index in [9.17, 15) is 4.79 Å². The predicted octanol–water partition coefficient (Wildman–Crippen LogP) is 1.42. The summed E-state index contributed by atoms with van der Waals surface area (Å²) >= 11 is 0. The summed E-state index contributed by atoms with van der Waals surface area (Å²) < 4.78 is 1.81. The number of rotatable bonds is 6. The van der Waals surface area contributed by atoms with E-state index in [1.165, 1.54) is 0 Å². The molecule has 1 aromatic heterocycles. The Bertz CT molecular complexity index is 618. The molecule has 2 N–H and O–H groups in total. The van der Waals surface area contributed by atoms with Crippen molar-refractivity contribution in [3.05, 3.63) is 52.8 Å². The van der Waals surface area contributed by atoms with E-state index in [0.29, 0.717) is 6.54 Å². The largest absolute Gasteiger partial charge is 0.348 e. The quantitative estimate of drug-likeness (QED) is 0.844. The fourth-order valence-corrected chi connectivity index (χ4v) is 2.21. The normalized spacial score (nSPS) is 10.6. The fraction of sp³-hybridized carbons (Fsp3) is 0.375. The average Bonchev–Trinajstić information content (AvgIpc) is 2.82. The van der Waals surface area contributed by atoms with Crippen molar-refractivity contribution in [1.29, 1.82) is 0 Å². The minimum atomic E-state index is -0.0371. The Labute approximate surface area is 125 Å². The zero-order valence-electron chi connectivity index (χ0n) is 12.8. The number of hydrogen-bond acceptors (Lipinski definition) is 3. The highest BCUT2D eigenvalue weighted by molar-refractivity contribution is 5.95. The van der Waals surface area contributed by atoms with Crippen LogP contribution in [0.3, 0.4) is 0 Å². The Morgan fingerprint density at radius 2 is 2.05 bits per heavy atom. The van der Waals surface area contributed by atoms with Gasteiger partial charge in [-0.15, -0.1) is 0 Å². The second-order valence-electron chi connectivity index (χ2n) is 5.07. The van der Waals surface area contributed by atoms with Crippen LogP contribution >= 0.6 is 0 Å².